The second-order valence-electron chi connectivity index (χ2n) is 16.9. The van der Waals surface area contributed by atoms with Crippen LogP contribution in [0.1, 0.15) is 109 Å². The molecule has 0 bridgehead atoms. The fourth-order valence-electron chi connectivity index (χ4n) is 8.49. The number of amides is 2. The van der Waals surface area contributed by atoms with Crippen LogP contribution in [0.4, 0.5) is 11.4 Å². The summed E-state index contributed by atoms with van der Waals surface area (Å²) in [5, 5.41) is 6.48. The maximum absolute atomic E-state index is 13.9. The van der Waals surface area contributed by atoms with E-state index in [4.69, 9.17) is 9.72 Å². The number of likely N-dealkylation sites (N-methyl/N-ethyl adjacent to an activating group) is 1. The summed E-state index contributed by atoms with van der Waals surface area (Å²) in [7, 11) is 2.07. The molecule has 0 saturated carbocycles. The number of aromatic nitrogens is 1. The molecule has 2 saturated heterocycles. The smallest absolute Gasteiger partial charge is 0.323 e. The van der Waals surface area contributed by atoms with E-state index in [1.165, 1.54) is 17.5 Å². The van der Waals surface area contributed by atoms with Crippen molar-refractivity contribution in [3.05, 3.63) is 113 Å². The quantitative estimate of drug-likeness (QED) is 0.140. The Bertz CT molecular complexity index is 2050. The minimum atomic E-state index is -0.500. The van der Waals surface area contributed by atoms with E-state index in [9.17, 15) is 14.4 Å². The average molecular weight is 771 g/mol. The Morgan fingerprint density at radius 3 is 2.47 bits per heavy atom. The zero-order valence-corrected chi connectivity index (χ0v) is 34.1. The van der Waals surface area contributed by atoms with Crippen molar-refractivity contribution in [1.82, 2.24) is 20.1 Å². The molecule has 2 amide bonds. The molecule has 2 N–H and O–H groups in total. The van der Waals surface area contributed by atoms with Gasteiger partial charge in [-0.15, -0.1) is 0 Å². The van der Waals surface area contributed by atoms with Crippen molar-refractivity contribution < 1.29 is 19.1 Å². The van der Waals surface area contributed by atoms with Crippen LogP contribution < -0.4 is 15.5 Å². The lowest BCUT2D eigenvalue weighted by Crippen LogP contribution is -2.43. The monoisotopic (exact) mass is 770 g/mol. The third-order valence-electron chi connectivity index (χ3n) is 11.4. The summed E-state index contributed by atoms with van der Waals surface area (Å²) in [6.07, 6.45) is 9.97. The molecule has 57 heavy (non-hydrogen) atoms. The predicted molar refractivity (Wildman–Crippen MR) is 226 cm³/mol. The fraction of sp³-hybridized carbons (Fsp3) is 0.447. The molecular formula is C47H58N6O4. The lowest BCUT2D eigenvalue weighted by Gasteiger charge is -2.29. The number of rotatable bonds is 12. The Morgan fingerprint density at radius 2 is 1.65 bits per heavy atom. The molecule has 2 fully saturated rings. The zero-order chi connectivity index (χ0) is 39.9. The molecule has 10 heteroatoms. The van der Waals surface area contributed by atoms with E-state index in [0.29, 0.717) is 29.1 Å². The highest BCUT2D eigenvalue weighted by Crippen LogP contribution is 2.34. The number of nitrogens with one attached hydrogen (secondary N) is 2. The highest BCUT2D eigenvalue weighted by molar-refractivity contribution is 6.06. The minimum absolute atomic E-state index is 0.0338. The Balaban J connectivity index is 1.05. The van der Waals surface area contributed by atoms with Crippen LogP contribution in [0.2, 0.25) is 0 Å². The third-order valence-corrected chi connectivity index (χ3v) is 11.4. The summed E-state index contributed by atoms with van der Waals surface area (Å²) >= 11 is 0. The van der Waals surface area contributed by atoms with Gasteiger partial charge < -0.3 is 25.2 Å². The van der Waals surface area contributed by atoms with E-state index >= 15 is 0 Å². The number of carbonyl (C=O) groups is 3. The molecule has 300 valence electrons. The maximum atomic E-state index is 13.9. The Labute approximate surface area is 338 Å². The van der Waals surface area contributed by atoms with Crippen molar-refractivity contribution in [2.45, 2.75) is 96.4 Å². The van der Waals surface area contributed by atoms with E-state index in [1.54, 1.807) is 12.3 Å². The topological polar surface area (TPSA) is 107 Å². The number of esters is 1. The molecule has 0 radical (unpaired) electrons. The minimum Gasteiger partial charge on any atom is -0.459 e. The maximum Gasteiger partial charge on any atom is 0.323 e. The highest BCUT2D eigenvalue weighted by Gasteiger charge is 2.34. The molecular weight excluding hydrogens is 713 g/mol. The number of hydrogen-bond donors (Lipinski definition) is 2. The molecule has 3 aliphatic rings. The Kier molecular flexibility index (Phi) is 12.7. The number of aryl methyl sites for hydroxylation is 1. The SMILES string of the molecule is CN(CCN1CCC[C@H]1C(=O)OC(C)(C)C)Cc1cccc(C(=O)Nc2ccc(N3CCCCC3)cc2-c2cc(C(=O)NC3CCCc4ccccc43)ccn2)c1. The molecule has 2 aliphatic heterocycles. The van der Waals surface area contributed by atoms with Gasteiger partial charge in [0.2, 0.25) is 0 Å². The molecule has 1 unspecified atom stereocenters. The van der Waals surface area contributed by atoms with Gasteiger partial charge in [0.25, 0.3) is 11.8 Å². The van der Waals surface area contributed by atoms with Crippen molar-refractivity contribution in [3.8, 4) is 11.3 Å². The molecule has 4 aromatic rings. The van der Waals surface area contributed by atoms with Gasteiger partial charge >= 0.3 is 5.97 Å². The van der Waals surface area contributed by atoms with Crippen LogP contribution in [0.25, 0.3) is 11.3 Å². The van der Waals surface area contributed by atoms with Crippen LogP contribution in [0, 0.1) is 0 Å². The van der Waals surface area contributed by atoms with Gasteiger partial charge in [0, 0.05) is 61.3 Å². The molecule has 1 aliphatic carbocycles. The summed E-state index contributed by atoms with van der Waals surface area (Å²) in [6.45, 7) is 10.8. The van der Waals surface area contributed by atoms with E-state index in [2.05, 4.69) is 62.7 Å². The predicted octanol–water partition coefficient (Wildman–Crippen LogP) is 8.04. The summed E-state index contributed by atoms with van der Waals surface area (Å²) in [6, 6.07) is 25.6. The number of anilines is 2. The van der Waals surface area contributed by atoms with Crippen molar-refractivity contribution in [3.63, 3.8) is 0 Å². The summed E-state index contributed by atoms with van der Waals surface area (Å²) in [5.74, 6) is -0.488. The first-order valence-electron chi connectivity index (χ1n) is 20.8. The van der Waals surface area contributed by atoms with Gasteiger partial charge in [0.15, 0.2) is 0 Å². The zero-order valence-electron chi connectivity index (χ0n) is 34.1. The fourth-order valence-corrected chi connectivity index (χ4v) is 8.49. The van der Waals surface area contributed by atoms with Gasteiger partial charge in [-0.3, -0.25) is 24.3 Å². The van der Waals surface area contributed by atoms with Gasteiger partial charge in [-0.05, 0) is 145 Å². The van der Waals surface area contributed by atoms with Gasteiger partial charge in [0.05, 0.1) is 17.4 Å². The van der Waals surface area contributed by atoms with Crippen molar-refractivity contribution in [1.29, 1.82) is 0 Å². The van der Waals surface area contributed by atoms with Crippen LogP contribution in [-0.2, 0) is 22.5 Å². The van der Waals surface area contributed by atoms with Crippen LogP contribution in [-0.4, -0.2) is 84.0 Å². The van der Waals surface area contributed by atoms with Gasteiger partial charge in [-0.1, -0.05) is 36.4 Å². The van der Waals surface area contributed by atoms with E-state index in [1.807, 2.05) is 63.2 Å². The number of pyridine rings is 1. The standard InChI is InChI=1S/C47H58N6O4/c1-47(2,3)57-46(56)43-19-12-26-53(43)28-27-51(4)32-33-13-10-16-35(29-33)44(54)50-41-21-20-37(52-24-8-5-9-25-52)31-39(41)42-30-36(22-23-48-42)45(55)49-40-18-11-15-34-14-6-7-17-38(34)40/h6-7,10,13-14,16-17,20-23,29-31,40,43H,5,8-9,11-12,15,18-19,24-28,32H2,1-4H3,(H,49,55)(H,50,54)/t40?,43-/m0/s1. The van der Waals surface area contributed by atoms with Gasteiger partial charge in [-0.25, -0.2) is 0 Å². The number of likely N-dealkylation sites (tertiary alicyclic amines) is 1. The first kappa shape index (κ1) is 40.1. The molecule has 2 atom stereocenters. The lowest BCUT2D eigenvalue weighted by molar-refractivity contribution is -0.160. The molecule has 7 rings (SSSR count). The lowest BCUT2D eigenvalue weighted by atomic mass is 9.87. The van der Waals surface area contributed by atoms with E-state index in [0.717, 1.165) is 94.5 Å². The number of fused-ring (bicyclic) bond motifs is 1. The van der Waals surface area contributed by atoms with Crippen LogP contribution in [0.3, 0.4) is 0 Å². The average Bonchev–Trinajstić information content (AvgIpc) is 3.69. The number of hydrogen-bond acceptors (Lipinski definition) is 8. The summed E-state index contributed by atoms with van der Waals surface area (Å²) in [4.78, 5) is 52.1. The van der Waals surface area contributed by atoms with Gasteiger partial charge in [0.1, 0.15) is 11.6 Å². The molecule has 0 spiro atoms. The highest BCUT2D eigenvalue weighted by atomic mass is 16.6. The number of benzene rings is 3. The second-order valence-corrected chi connectivity index (χ2v) is 16.9. The van der Waals surface area contributed by atoms with Crippen LogP contribution >= 0.6 is 0 Å². The molecule has 1 aromatic heterocycles. The molecule has 10 nitrogen and oxygen atoms in total. The van der Waals surface area contributed by atoms with E-state index < -0.39 is 5.60 Å². The normalized spacial score (nSPS) is 18.6. The van der Waals surface area contributed by atoms with Gasteiger partial charge in [-0.2, -0.15) is 0 Å². The number of carbonyl (C=O) groups excluding carboxylic acids is 3. The van der Waals surface area contributed by atoms with Crippen LogP contribution in [0.5, 0.6) is 0 Å². The summed E-state index contributed by atoms with van der Waals surface area (Å²) in [5.41, 5.74) is 7.22. The Hall–Kier alpha value is -5.06. The number of ether oxygens (including phenoxy) is 1. The number of nitrogens with zero attached hydrogens (tertiary/aromatic N) is 4. The number of piperidine rings is 1. The largest absolute Gasteiger partial charge is 0.459 e. The summed E-state index contributed by atoms with van der Waals surface area (Å²) < 4.78 is 5.69. The van der Waals surface area contributed by atoms with Crippen LogP contribution in [0.15, 0.2) is 85.1 Å². The Morgan fingerprint density at radius 1 is 0.842 bits per heavy atom. The van der Waals surface area contributed by atoms with Crippen molar-refractivity contribution >= 4 is 29.2 Å². The third kappa shape index (κ3) is 10.3. The first-order chi connectivity index (χ1) is 27.5. The molecule has 3 aromatic carbocycles. The van der Waals surface area contributed by atoms with Crippen molar-refractivity contribution in [2.24, 2.45) is 0 Å². The van der Waals surface area contributed by atoms with Crippen molar-refractivity contribution in [2.75, 3.05) is 50.0 Å². The first-order valence-corrected chi connectivity index (χ1v) is 20.8. The van der Waals surface area contributed by atoms with E-state index in [-0.39, 0.29) is 29.9 Å². The second kappa shape index (κ2) is 18.0. The molecule has 3 heterocycles.